The summed E-state index contributed by atoms with van der Waals surface area (Å²) in [5.74, 6) is 1.30. The molecule has 0 saturated carbocycles. The van der Waals surface area contributed by atoms with E-state index >= 15 is 0 Å². The van der Waals surface area contributed by atoms with E-state index in [1.165, 1.54) is 58.3 Å². The van der Waals surface area contributed by atoms with Crippen molar-refractivity contribution in [2.45, 2.75) is 0 Å². The highest BCUT2D eigenvalue weighted by molar-refractivity contribution is 7.26. The van der Waals surface area contributed by atoms with Gasteiger partial charge in [-0.25, -0.2) is 19.9 Å². The summed E-state index contributed by atoms with van der Waals surface area (Å²) in [6.07, 6.45) is 0. The fourth-order valence-electron chi connectivity index (χ4n) is 16.3. The van der Waals surface area contributed by atoms with Crippen molar-refractivity contribution in [2.75, 3.05) is 0 Å². The van der Waals surface area contributed by atoms with Crippen LogP contribution in [-0.4, -0.2) is 29.1 Å². The van der Waals surface area contributed by atoms with Gasteiger partial charge < -0.3 is 22.4 Å². The largest absolute Gasteiger partial charge is 0.456 e. The molecule has 0 radical (unpaired) electrons. The highest BCUT2D eigenvalue weighted by Crippen LogP contribution is 2.46. The molecule has 108 heavy (non-hydrogen) atoms. The van der Waals surface area contributed by atoms with Crippen molar-refractivity contribution in [1.29, 1.82) is 0 Å². The van der Waals surface area contributed by atoms with Gasteiger partial charge in [-0.05, 0) is 126 Å². The molecule has 0 aliphatic carbocycles. The van der Waals surface area contributed by atoms with Crippen LogP contribution in [0.5, 0.6) is 0 Å². The van der Waals surface area contributed by atoms with Crippen LogP contribution >= 0.6 is 11.3 Å². The fourth-order valence-corrected chi connectivity index (χ4v) is 17.4. The Kier molecular flexibility index (Phi) is 14.0. The first-order chi connectivity index (χ1) is 53.5. The highest BCUT2D eigenvalue weighted by atomic mass is 32.1. The second-order valence-electron chi connectivity index (χ2n) is 27.5. The number of fused-ring (bicyclic) bond motifs is 20. The van der Waals surface area contributed by atoms with Gasteiger partial charge in [0.05, 0.1) is 44.8 Å². The number of hydrogen-bond acceptors (Lipinski definition) is 8. The van der Waals surface area contributed by atoms with Crippen LogP contribution in [0.4, 0.5) is 0 Å². The van der Waals surface area contributed by atoms with Crippen molar-refractivity contribution < 1.29 is 13.3 Å². The van der Waals surface area contributed by atoms with Crippen LogP contribution < -0.4 is 0 Å². The van der Waals surface area contributed by atoms with Crippen LogP contribution in [0.15, 0.2) is 365 Å². The van der Waals surface area contributed by atoms with Crippen LogP contribution in [0.3, 0.4) is 0 Å². The van der Waals surface area contributed by atoms with E-state index < -0.39 is 0 Å². The molecule has 23 aromatic rings. The second kappa shape index (κ2) is 24.7. The van der Waals surface area contributed by atoms with Crippen LogP contribution in [-0.2, 0) is 0 Å². The average Bonchev–Trinajstić information content (AvgIpc) is 1.56. The Labute approximate surface area is 621 Å². The van der Waals surface area contributed by atoms with Gasteiger partial charge in [-0.1, -0.05) is 237 Å². The third-order valence-corrected chi connectivity index (χ3v) is 22.4. The zero-order valence-electron chi connectivity index (χ0n) is 57.8. The molecule has 8 heterocycles. The minimum Gasteiger partial charge on any atom is -0.456 e. The van der Waals surface area contributed by atoms with Crippen molar-refractivity contribution in [3.05, 3.63) is 352 Å². The molecule has 10 heteroatoms. The predicted octanol–water partition coefficient (Wildman–Crippen LogP) is 26.9. The lowest BCUT2D eigenvalue weighted by Crippen LogP contribution is -1.98. The molecule has 0 saturated heterocycles. The number of aromatic nitrogens is 6. The lowest BCUT2D eigenvalue weighted by molar-refractivity contribution is 0.668. The second-order valence-corrected chi connectivity index (χ2v) is 28.6. The van der Waals surface area contributed by atoms with E-state index in [2.05, 4.69) is 294 Å². The molecule has 0 fully saturated rings. The third-order valence-electron chi connectivity index (χ3n) is 21.2. The number of rotatable bonds is 9. The van der Waals surface area contributed by atoms with E-state index in [4.69, 9.17) is 33.2 Å². The zero-order chi connectivity index (χ0) is 70.9. The molecule has 0 bridgehead atoms. The molecule has 9 nitrogen and oxygen atoms in total. The number of thiophene rings is 1. The van der Waals surface area contributed by atoms with Gasteiger partial charge in [0.1, 0.15) is 33.5 Å². The average molecular weight is 1400 g/mol. The molecular weight excluding hydrogens is 1340 g/mol. The first kappa shape index (κ1) is 61.2. The molecule has 504 valence electrons. The van der Waals surface area contributed by atoms with Crippen molar-refractivity contribution in [3.63, 3.8) is 0 Å². The van der Waals surface area contributed by atoms with E-state index in [0.29, 0.717) is 11.6 Å². The Balaban J connectivity index is 0.000000135. The van der Waals surface area contributed by atoms with Crippen LogP contribution in [0.25, 0.3) is 220 Å². The third kappa shape index (κ3) is 9.99. The number of benzene rings is 15. The van der Waals surface area contributed by atoms with Crippen molar-refractivity contribution in [1.82, 2.24) is 29.1 Å². The van der Waals surface area contributed by atoms with Gasteiger partial charge in [0, 0.05) is 119 Å². The first-order valence-corrected chi connectivity index (χ1v) is 37.0. The molecule has 0 aliphatic heterocycles. The summed E-state index contributed by atoms with van der Waals surface area (Å²) in [4.78, 5) is 20.8. The summed E-state index contributed by atoms with van der Waals surface area (Å²) in [6, 6.07) is 123. The summed E-state index contributed by atoms with van der Waals surface area (Å²) in [6.45, 7) is 0. The van der Waals surface area contributed by atoms with Crippen molar-refractivity contribution in [2.24, 2.45) is 0 Å². The summed E-state index contributed by atoms with van der Waals surface area (Å²) < 4.78 is 26.5. The normalized spacial score (nSPS) is 11.9. The molecule has 0 aliphatic rings. The Morgan fingerprint density at radius 2 is 0.676 bits per heavy atom. The topological polar surface area (TPSA) is 101 Å². The molecule has 0 atom stereocenters. The fraction of sp³-hybridized carbons (Fsp3) is 0. The number of nitrogens with zero attached hydrogens (tertiary/aromatic N) is 6. The lowest BCUT2D eigenvalue weighted by atomic mass is 10.0. The van der Waals surface area contributed by atoms with Crippen molar-refractivity contribution >= 4 is 141 Å². The molecule has 0 amide bonds. The first-order valence-electron chi connectivity index (χ1n) is 36.2. The minimum absolute atomic E-state index is 0.644. The van der Waals surface area contributed by atoms with Crippen LogP contribution in [0.2, 0.25) is 0 Å². The monoisotopic (exact) mass is 1400 g/mol. The summed E-state index contributed by atoms with van der Waals surface area (Å²) in [5, 5.41) is 14.1. The lowest BCUT2D eigenvalue weighted by Gasteiger charge is -2.13. The number of hydrogen-bond donors (Lipinski definition) is 0. The molecule has 23 rings (SSSR count). The van der Waals surface area contributed by atoms with Gasteiger partial charge >= 0.3 is 0 Å². The van der Waals surface area contributed by atoms with E-state index in [1.807, 2.05) is 78.1 Å². The smallest absolute Gasteiger partial charge is 0.160 e. The summed E-state index contributed by atoms with van der Waals surface area (Å²) in [5.41, 5.74) is 23.4. The molecule has 0 N–H and O–H groups in total. The Morgan fingerprint density at radius 1 is 0.222 bits per heavy atom. The maximum atomic E-state index is 6.53. The van der Waals surface area contributed by atoms with Gasteiger partial charge in [-0.15, -0.1) is 11.3 Å². The maximum Gasteiger partial charge on any atom is 0.160 e. The van der Waals surface area contributed by atoms with E-state index in [9.17, 15) is 0 Å². The van der Waals surface area contributed by atoms with E-state index in [1.54, 1.807) is 0 Å². The predicted molar refractivity (Wildman–Crippen MR) is 446 cm³/mol. The standard InChI is InChI=1S/C52H31N3OS.C46H27N3O2/c1-2-12-32(13-3-1)33-24-26-34(27-25-33)52-53-42(31-43(54-52)39-20-11-19-38-37-16-5-8-22-46(37)56-51(38)39)35-14-10-15-36(30-35)55-44-21-7-4-17-40(44)49-45(55)28-29-48-50(49)41-18-6-9-23-47(41)57-48;1-2-11-28(12-3-1)36-27-37(48-46(47-36)30-21-22-33-32-15-5-8-19-40(32)51-43(33)26-30)29-13-10-14-31(25-29)49-38-18-7-4-16-34(38)44-39(49)23-24-42-45(44)35-17-6-9-20-41(35)50-42/h1-31H;1-27H. The molecule has 0 spiro atoms. The quantitative estimate of drug-likeness (QED) is 0.142. The Bertz CT molecular complexity index is 7570. The van der Waals surface area contributed by atoms with Gasteiger partial charge in [0.15, 0.2) is 11.6 Å². The van der Waals surface area contributed by atoms with Crippen molar-refractivity contribution in [3.8, 4) is 90.3 Å². The summed E-state index contributed by atoms with van der Waals surface area (Å²) >= 11 is 1.86. The highest BCUT2D eigenvalue weighted by Gasteiger charge is 2.24. The molecule has 0 unspecified atom stereocenters. The van der Waals surface area contributed by atoms with Gasteiger partial charge in [-0.2, -0.15) is 0 Å². The number of para-hydroxylation sites is 6. The molecular formula is C98H58N6O3S. The summed E-state index contributed by atoms with van der Waals surface area (Å²) in [7, 11) is 0. The molecule has 8 aromatic heterocycles. The Hall–Kier alpha value is -14.3. The maximum absolute atomic E-state index is 6.53. The van der Waals surface area contributed by atoms with Crippen LogP contribution in [0.1, 0.15) is 0 Å². The molecule has 15 aromatic carbocycles. The minimum atomic E-state index is 0.644. The van der Waals surface area contributed by atoms with Gasteiger partial charge in [-0.3, -0.25) is 0 Å². The zero-order valence-corrected chi connectivity index (χ0v) is 58.6. The SMILES string of the molecule is c1ccc(-c2cc(-c3cccc(-n4c5ccccc5c5c6c(ccc54)oc4ccccc46)c3)nc(-c3ccc4c(c3)oc3ccccc34)n2)cc1.c1ccc(-c2ccc(-c3nc(-c4cccc(-n5c6ccccc6c6c7c(ccc65)sc5ccccc57)c4)cc(-c4cccc5c4oc4ccccc45)n3)cc2)cc1. The number of furan rings is 3. The van der Waals surface area contributed by atoms with Crippen LogP contribution in [0, 0.1) is 0 Å². The van der Waals surface area contributed by atoms with Gasteiger partial charge in [0.2, 0.25) is 0 Å². The van der Waals surface area contributed by atoms with E-state index in [-0.39, 0.29) is 0 Å². The Morgan fingerprint density at radius 3 is 1.36 bits per heavy atom. The van der Waals surface area contributed by atoms with Gasteiger partial charge in [0.25, 0.3) is 0 Å². The van der Waals surface area contributed by atoms with E-state index in [0.717, 1.165) is 150 Å².